The summed E-state index contributed by atoms with van der Waals surface area (Å²) in [6.07, 6.45) is 3.42. The van der Waals surface area contributed by atoms with Gasteiger partial charge < -0.3 is 15.0 Å². The lowest BCUT2D eigenvalue weighted by molar-refractivity contribution is -0.124. The van der Waals surface area contributed by atoms with Gasteiger partial charge in [-0.2, -0.15) is 0 Å². The number of urea groups is 1. The molecule has 8 heteroatoms. The predicted octanol–water partition coefficient (Wildman–Crippen LogP) is 4.44. The molecule has 1 unspecified atom stereocenters. The molecule has 6 rings (SSSR count). The van der Waals surface area contributed by atoms with E-state index in [9.17, 15) is 19.1 Å². The number of pyridine rings is 1. The number of imide groups is 1. The third-order valence-electron chi connectivity index (χ3n) is 6.47. The van der Waals surface area contributed by atoms with E-state index in [1.165, 1.54) is 16.7 Å². The van der Waals surface area contributed by atoms with Gasteiger partial charge in [-0.25, -0.2) is 9.18 Å². The minimum absolute atomic E-state index is 0.0798. The lowest BCUT2D eigenvalue weighted by Crippen LogP contribution is -2.47. The maximum Gasteiger partial charge on any atom is 0.322 e. The summed E-state index contributed by atoms with van der Waals surface area (Å²) in [5.74, 6) is -1.21. The van der Waals surface area contributed by atoms with Crippen molar-refractivity contribution in [3.63, 3.8) is 0 Å². The average Bonchev–Trinajstić information content (AvgIpc) is 3.33. The number of hydrogen-bond donors (Lipinski definition) is 3. The number of para-hydroxylation sites is 1. The highest BCUT2D eigenvalue weighted by Crippen LogP contribution is 2.34. The van der Waals surface area contributed by atoms with Crippen LogP contribution in [0.2, 0.25) is 0 Å². The number of amides is 3. The van der Waals surface area contributed by atoms with Crippen LogP contribution in [0.15, 0.2) is 85.2 Å². The molecule has 0 aliphatic carbocycles. The average molecular weight is 466 g/mol. The SMILES string of the molecule is O=C1NC(=O)C(Cn2cc3ccc(F)cc3c2O)(c2ccc(-c3cnc4ccccc4c3)cc2)N1. The van der Waals surface area contributed by atoms with Crippen LogP contribution in [0.5, 0.6) is 5.88 Å². The summed E-state index contributed by atoms with van der Waals surface area (Å²) >= 11 is 0. The largest absolute Gasteiger partial charge is 0.494 e. The Hall–Kier alpha value is -4.72. The number of nitrogens with one attached hydrogen (secondary N) is 2. The number of aromatic hydroxyl groups is 1. The third-order valence-corrected chi connectivity index (χ3v) is 6.47. The van der Waals surface area contributed by atoms with E-state index in [1.807, 2.05) is 42.5 Å². The number of nitrogens with zero attached hydrogens (tertiary/aromatic N) is 2. The number of aromatic nitrogens is 2. The van der Waals surface area contributed by atoms with Crippen molar-refractivity contribution in [1.29, 1.82) is 0 Å². The molecule has 1 aliphatic heterocycles. The summed E-state index contributed by atoms with van der Waals surface area (Å²) in [7, 11) is 0. The molecule has 3 aromatic carbocycles. The fourth-order valence-corrected chi connectivity index (χ4v) is 4.67. The molecule has 1 aliphatic rings. The molecule has 7 nitrogen and oxygen atoms in total. The summed E-state index contributed by atoms with van der Waals surface area (Å²) in [4.78, 5) is 29.7. The number of carbonyl (C=O) groups excluding carboxylic acids is 2. The van der Waals surface area contributed by atoms with Gasteiger partial charge in [0.15, 0.2) is 11.4 Å². The van der Waals surface area contributed by atoms with Crippen molar-refractivity contribution in [1.82, 2.24) is 20.2 Å². The van der Waals surface area contributed by atoms with Gasteiger partial charge in [-0.15, -0.1) is 0 Å². The van der Waals surface area contributed by atoms with Gasteiger partial charge in [-0.05, 0) is 41.5 Å². The number of rotatable bonds is 4. The zero-order valence-corrected chi connectivity index (χ0v) is 18.3. The van der Waals surface area contributed by atoms with E-state index < -0.39 is 23.3 Å². The maximum atomic E-state index is 13.7. The van der Waals surface area contributed by atoms with Crippen molar-refractivity contribution in [3.05, 3.63) is 96.6 Å². The zero-order valence-electron chi connectivity index (χ0n) is 18.3. The number of benzene rings is 3. The van der Waals surface area contributed by atoms with Crippen molar-refractivity contribution < 1.29 is 19.1 Å². The summed E-state index contributed by atoms with van der Waals surface area (Å²) in [5, 5.41) is 17.7. The molecule has 1 saturated heterocycles. The summed E-state index contributed by atoms with van der Waals surface area (Å²) < 4.78 is 15.1. The molecule has 5 aromatic rings. The van der Waals surface area contributed by atoms with Crippen LogP contribution in [0.25, 0.3) is 32.8 Å². The molecule has 3 amide bonds. The van der Waals surface area contributed by atoms with E-state index in [2.05, 4.69) is 15.6 Å². The minimum atomic E-state index is -1.46. The molecule has 2 aromatic heterocycles. The molecule has 3 heterocycles. The Labute approximate surface area is 198 Å². The smallest absolute Gasteiger partial charge is 0.322 e. The van der Waals surface area contributed by atoms with Crippen molar-refractivity contribution in [2.75, 3.05) is 0 Å². The standard InChI is InChI=1S/C27H19FN4O3/c28-21-10-7-18-14-32(24(33)22(18)12-21)15-27(25(34)30-26(35)31-27)20-8-5-16(6-9-20)19-11-17-3-1-2-4-23(17)29-13-19/h1-14,33H,15H2,(H2,30,31,34,35). The van der Waals surface area contributed by atoms with Gasteiger partial charge in [-0.1, -0.05) is 42.5 Å². The molecular formula is C27H19FN4O3. The first-order valence-corrected chi connectivity index (χ1v) is 11.0. The van der Waals surface area contributed by atoms with E-state index >= 15 is 0 Å². The molecule has 3 N–H and O–H groups in total. The van der Waals surface area contributed by atoms with E-state index in [-0.39, 0.29) is 12.4 Å². The molecular weight excluding hydrogens is 447 g/mol. The Morgan fingerprint density at radius 3 is 2.51 bits per heavy atom. The highest BCUT2D eigenvalue weighted by Gasteiger charge is 2.48. The van der Waals surface area contributed by atoms with Gasteiger partial charge >= 0.3 is 6.03 Å². The monoisotopic (exact) mass is 466 g/mol. The second-order valence-electron chi connectivity index (χ2n) is 8.62. The Morgan fingerprint density at radius 2 is 1.74 bits per heavy atom. The summed E-state index contributed by atoms with van der Waals surface area (Å²) in [6, 6.07) is 20.6. The van der Waals surface area contributed by atoms with Crippen molar-refractivity contribution in [3.8, 4) is 17.0 Å². The quantitative estimate of drug-likeness (QED) is 0.341. The molecule has 172 valence electrons. The number of hydrogen-bond acceptors (Lipinski definition) is 4. The van der Waals surface area contributed by atoms with Crippen molar-refractivity contribution >= 4 is 33.6 Å². The van der Waals surface area contributed by atoms with Crippen LogP contribution in [0.1, 0.15) is 5.56 Å². The Balaban J connectivity index is 1.40. The first-order valence-electron chi connectivity index (χ1n) is 11.0. The Morgan fingerprint density at radius 1 is 0.943 bits per heavy atom. The molecule has 1 atom stereocenters. The van der Waals surface area contributed by atoms with Crippen LogP contribution in [0.3, 0.4) is 0 Å². The van der Waals surface area contributed by atoms with Crippen molar-refractivity contribution in [2.24, 2.45) is 0 Å². The molecule has 0 spiro atoms. The predicted molar refractivity (Wildman–Crippen MR) is 129 cm³/mol. The Bertz CT molecular complexity index is 1640. The third kappa shape index (κ3) is 3.38. The normalized spacial score (nSPS) is 17.6. The van der Waals surface area contributed by atoms with Crippen LogP contribution in [0.4, 0.5) is 9.18 Å². The number of halogens is 1. The van der Waals surface area contributed by atoms with Gasteiger partial charge in [0.2, 0.25) is 0 Å². The van der Waals surface area contributed by atoms with Crippen LogP contribution in [-0.2, 0) is 16.9 Å². The van der Waals surface area contributed by atoms with E-state index in [0.717, 1.165) is 22.0 Å². The molecule has 0 radical (unpaired) electrons. The fraction of sp³-hybridized carbons (Fsp3) is 0.0741. The van der Waals surface area contributed by atoms with Crippen molar-refractivity contribution in [2.45, 2.75) is 12.1 Å². The van der Waals surface area contributed by atoms with Gasteiger partial charge in [-0.3, -0.25) is 15.1 Å². The van der Waals surface area contributed by atoms with Crippen LogP contribution in [-0.4, -0.2) is 26.6 Å². The van der Waals surface area contributed by atoms with Crippen LogP contribution < -0.4 is 10.6 Å². The van der Waals surface area contributed by atoms with Gasteiger partial charge in [0.1, 0.15) is 5.82 Å². The molecule has 35 heavy (non-hydrogen) atoms. The molecule has 0 bridgehead atoms. The van der Waals surface area contributed by atoms with Crippen LogP contribution in [0, 0.1) is 5.82 Å². The summed E-state index contributed by atoms with van der Waals surface area (Å²) in [5.41, 5.74) is 1.80. The Kier molecular flexibility index (Phi) is 4.57. The van der Waals surface area contributed by atoms with Crippen LogP contribution >= 0.6 is 0 Å². The lowest BCUT2D eigenvalue weighted by Gasteiger charge is -2.27. The van der Waals surface area contributed by atoms with Gasteiger partial charge in [0, 0.05) is 34.1 Å². The first kappa shape index (κ1) is 20.9. The first-order chi connectivity index (χ1) is 16.9. The fourth-order valence-electron chi connectivity index (χ4n) is 4.67. The van der Waals surface area contributed by atoms with E-state index in [4.69, 9.17) is 0 Å². The molecule has 1 fully saturated rings. The lowest BCUT2D eigenvalue weighted by atomic mass is 9.88. The van der Waals surface area contributed by atoms with Gasteiger partial charge in [0.25, 0.3) is 5.91 Å². The second-order valence-corrected chi connectivity index (χ2v) is 8.62. The number of fused-ring (bicyclic) bond motifs is 2. The number of carbonyl (C=O) groups is 2. The highest BCUT2D eigenvalue weighted by atomic mass is 19.1. The highest BCUT2D eigenvalue weighted by molar-refractivity contribution is 6.07. The zero-order chi connectivity index (χ0) is 24.2. The summed E-state index contributed by atoms with van der Waals surface area (Å²) in [6.45, 7) is -0.0798. The topological polar surface area (TPSA) is 96.2 Å². The van der Waals surface area contributed by atoms with Gasteiger partial charge in [0.05, 0.1) is 12.1 Å². The van der Waals surface area contributed by atoms with E-state index in [1.54, 1.807) is 30.6 Å². The second kappa shape index (κ2) is 7.66. The van der Waals surface area contributed by atoms with E-state index in [0.29, 0.717) is 16.3 Å². The molecule has 0 saturated carbocycles. The maximum absolute atomic E-state index is 13.7. The minimum Gasteiger partial charge on any atom is -0.494 e.